The number of hydrogen-bond donors (Lipinski definition) is 0. The van der Waals surface area contributed by atoms with Gasteiger partial charge in [-0.15, -0.1) is 10.2 Å². The van der Waals surface area contributed by atoms with Gasteiger partial charge in [-0.2, -0.15) is 0 Å². The van der Waals surface area contributed by atoms with Crippen molar-refractivity contribution in [2.45, 2.75) is 19.6 Å². The summed E-state index contributed by atoms with van der Waals surface area (Å²) in [6.45, 7) is 5.05. The molecule has 2 aromatic carbocycles. The first-order valence-corrected chi connectivity index (χ1v) is 9.45. The molecule has 134 valence electrons. The van der Waals surface area contributed by atoms with E-state index in [1.165, 1.54) is 11.1 Å². The lowest BCUT2D eigenvalue weighted by Gasteiger charge is -2.32. The van der Waals surface area contributed by atoms with E-state index in [-0.39, 0.29) is 6.10 Å². The van der Waals surface area contributed by atoms with E-state index >= 15 is 0 Å². The number of hydrogen-bond acceptors (Lipinski definition) is 5. The number of aryl methyl sites for hydroxylation is 1. The van der Waals surface area contributed by atoms with Crippen molar-refractivity contribution in [2.24, 2.45) is 0 Å². The van der Waals surface area contributed by atoms with Gasteiger partial charge in [0, 0.05) is 23.1 Å². The molecule has 1 aliphatic rings. The van der Waals surface area contributed by atoms with Crippen molar-refractivity contribution in [1.29, 1.82) is 0 Å². The molecule has 5 nitrogen and oxygen atoms in total. The minimum atomic E-state index is 0.0661. The molecule has 0 radical (unpaired) electrons. The van der Waals surface area contributed by atoms with E-state index in [9.17, 15) is 0 Å². The maximum Gasteiger partial charge on any atom is 0.247 e. The molecule has 3 aromatic rings. The van der Waals surface area contributed by atoms with Crippen molar-refractivity contribution in [3.05, 3.63) is 70.0 Å². The van der Waals surface area contributed by atoms with Crippen LogP contribution in [-0.4, -0.2) is 34.8 Å². The van der Waals surface area contributed by atoms with Gasteiger partial charge >= 0.3 is 0 Å². The van der Waals surface area contributed by atoms with Crippen LogP contribution in [0.2, 0.25) is 0 Å². The van der Waals surface area contributed by atoms with Gasteiger partial charge in [-0.05, 0) is 36.8 Å². The third-order valence-electron chi connectivity index (χ3n) is 4.52. The summed E-state index contributed by atoms with van der Waals surface area (Å²) in [6.07, 6.45) is 0.0661. The fourth-order valence-electron chi connectivity index (χ4n) is 3.05. The SMILES string of the molecule is Cc1ccc(-c2nnc(CN3CCOC(c4ccc(Br)cc4)C3)o2)cc1. The van der Waals surface area contributed by atoms with Crippen LogP contribution in [-0.2, 0) is 11.3 Å². The number of aromatic nitrogens is 2. The predicted octanol–water partition coefficient (Wildman–Crippen LogP) is 4.38. The molecule has 2 heterocycles. The van der Waals surface area contributed by atoms with Gasteiger partial charge in [0.15, 0.2) is 0 Å². The number of benzene rings is 2. The molecule has 0 saturated carbocycles. The minimum Gasteiger partial charge on any atom is -0.419 e. The van der Waals surface area contributed by atoms with E-state index < -0.39 is 0 Å². The maximum atomic E-state index is 5.93. The van der Waals surface area contributed by atoms with Gasteiger partial charge in [0.25, 0.3) is 0 Å². The Bertz CT molecular complexity index is 862. The van der Waals surface area contributed by atoms with Crippen LogP contribution in [0, 0.1) is 6.92 Å². The fraction of sp³-hybridized carbons (Fsp3) is 0.300. The summed E-state index contributed by atoms with van der Waals surface area (Å²) in [7, 11) is 0. The molecule has 1 saturated heterocycles. The number of halogens is 1. The summed E-state index contributed by atoms with van der Waals surface area (Å²) in [5, 5.41) is 8.40. The molecule has 26 heavy (non-hydrogen) atoms. The second kappa shape index (κ2) is 7.70. The monoisotopic (exact) mass is 413 g/mol. The predicted molar refractivity (Wildman–Crippen MR) is 103 cm³/mol. The van der Waals surface area contributed by atoms with E-state index in [0.717, 1.165) is 23.1 Å². The van der Waals surface area contributed by atoms with Gasteiger partial charge in [-0.1, -0.05) is 45.8 Å². The van der Waals surface area contributed by atoms with Crippen LogP contribution < -0.4 is 0 Å². The van der Waals surface area contributed by atoms with E-state index in [4.69, 9.17) is 9.15 Å². The first-order valence-electron chi connectivity index (χ1n) is 8.66. The molecule has 1 fully saturated rings. The standard InChI is InChI=1S/C20H20BrN3O2/c1-14-2-4-16(5-3-14)20-23-22-19(26-20)13-24-10-11-25-18(12-24)15-6-8-17(21)9-7-15/h2-9,18H,10-13H2,1H3. The Kier molecular flexibility index (Phi) is 5.15. The Hall–Kier alpha value is -2.02. The van der Waals surface area contributed by atoms with Crippen LogP contribution in [0.3, 0.4) is 0 Å². The molecule has 1 atom stereocenters. The molecule has 0 aliphatic carbocycles. The molecule has 0 amide bonds. The zero-order valence-electron chi connectivity index (χ0n) is 14.6. The highest BCUT2D eigenvalue weighted by Gasteiger charge is 2.23. The molecular weight excluding hydrogens is 394 g/mol. The van der Waals surface area contributed by atoms with Crippen LogP contribution in [0.4, 0.5) is 0 Å². The zero-order chi connectivity index (χ0) is 17.9. The first-order chi connectivity index (χ1) is 12.7. The Balaban J connectivity index is 1.42. The van der Waals surface area contributed by atoms with Crippen molar-refractivity contribution in [1.82, 2.24) is 15.1 Å². The summed E-state index contributed by atoms with van der Waals surface area (Å²) in [5.41, 5.74) is 3.34. The van der Waals surface area contributed by atoms with E-state index in [1.54, 1.807) is 0 Å². The van der Waals surface area contributed by atoms with Crippen molar-refractivity contribution in [3.8, 4) is 11.5 Å². The average Bonchev–Trinajstić information content (AvgIpc) is 3.11. The summed E-state index contributed by atoms with van der Waals surface area (Å²) in [4.78, 5) is 2.29. The van der Waals surface area contributed by atoms with Crippen molar-refractivity contribution in [2.75, 3.05) is 19.7 Å². The van der Waals surface area contributed by atoms with Gasteiger partial charge in [-0.25, -0.2) is 0 Å². The second-order valence-electron chi connectivity index (χ2n) is 6.51. The van der Waals surface area contributed by atoms with Crippen molar-refractivity contribution >= 4 is 15.9 Å². The molecule has 1 aromatic heterocycles. The highest BCUT2D eigenvalue weighted by atomic mass is 79.9. The summed E-state index contributed by atoms with van der Waals surface area (Å²) in [5.74, 6) is 1.20. The smallest absolute Gasteiger partial charge is 0.247 e. The normalized spacial score (nSPS) is 18.2. The molecule has 1 aliphatic heterocycles. The minimum absolute atomic E-state index is 0.0661. The quantitative estimate of drug-likeness (QED) is 0.634. The number of ether oxygens (including phenoxy) is 1. The number of nitrogens with zero attached hydrogens (tertiary/aromatic N) is 3. The Morgan fingerprint density at radius 2 is 1.85 bits per heavy atom. The lowest BCUT2D eigenvalue weighted by molar-refractivity contribution is -0.0351. The Morgan fingerprint density at radius 3 is 2.62 bits per heavy atom. The molecule has 0 bridgehead atoms. The van der Waals surface area contributed by atoms with Gasteiger partial charge in [0.1, 0.15) is 0 Å². The highest BCUT2D eigenvalue weighted by molar-refractivity contribution is 9.10. The fourth-order valence-corrected chi connectivity index (χ4v) is 3.31. The van der Waals surface area contributed by atoms with Crippen molar-refractivity contribution in [3.63, 3.8) is 0 Å². The number of rotatable bonds is 4. The molecule has 0 N–H and O–H groups in total. The van der Waals surface area contributed by atoms with Gasteiger partial charge in [-0.3, -0.25) is 4.90 Å². The van der Waals surface area contributed by atoms with Crippen LogP contribution >= 0.6 is 15.9 Å². The summed E-state index contributed by atoms with van der Waals surface area (Å²) >= 11 is 3.47. The second-order valence-corrected chi connectivity index (χ2v) is 7.43. The zero-order valence-corrected chi connectivity index (χ0v) is 16.1. The molecular formula is C20H20BrN3O2. The molecule has 6 heteroatoms. The van der Waals surface area contributed by atoms with Crippen molar-refractivity contribution < 1.29 is 9.15 Å². The summed E-state index contributed by atoms with van der Waals surface area (Å²) in [6, 6.07) is 16.4. The average molecular weight is 414 g/mol. The van der Waals surface area contributed by atoms with Gasteiger partial charge in [0.2, 0.25) is 11.8 Å². The first kappa shape index (κ1) is 17.4. The largest absolute Gasteiger partial charge is 0.419 e. The third kappa shape index (κ3) is 4.03. The van der Waals surface area contributed by atoms with E-state index in [0.29, 0.717) is 24.9 Å². The lowest BCUT2D eigenvalue weighted by Crippen LogP contribution is -2.37. The van der Waals surface area contributed by atoms with Gasteiger partial charge < -0.3 is 9.15 Å². The Morgan fingerprint density at radius 1 is 1.08 bits per heavy atom. The molecule has 4 rings (SSSR count). The highest BCUT2D eigenvalue weighted by Crippen LogP contribution is 2.25. The topological polar surface area (TPSA) is 51.4 Å². The Labute approximate surface area is 161 Å². The van der Waals surface area contributed by atoms with Crippen LogP contribution in [0.15, 0.2) is 57.4 Å². The van der Waals surface area contributed by atoms with E-state index in [2.05, 4.69) is 50.1 Å². The third-order valence-corrected chi connectivity index (χ3v) is 5.05. The lowest BCUT2D eigenvalue weighted by atomic mass is 10.1. The molecule has 0 spiro atoms. The number of morpholine rings is 1. The van der Waals surface area contributed by atoms with Crippen LogP contribution in [0.1, 0.15) is 23.1 Å². The van der Waals surface area contributed by atoms with Crippen LogP contribution in [0.25, 0.3) is 11.5 Å². The van der Waals surface area contributed by atoms with E-state index in [1.807, 2.05) is 36.4 Å². The van der Waals surface area contributed by atoms with Crippen LogP contribution in [0.5, 0.6) is 0 Å². The summed E-state index contributed by atoms with van der Waals surface area (Å²) < 4.78 is 12.9. The molecule has 1 unspecified atom stereocenters. The van der Waals surface area contributed by atoms with Gasteiger partial charge in [0.05, 0.1) is 19.3 Å². The maximum absolute atomic E-state index is 5.93.